The maximum Gasteiger partial charge on any atom is 0.252 e. The maximum atomic E-state index is 12.8. The molecule has 0 bridgehead atoms. The highest BCUT2D eigenvalue weighted by molar-refractivity contribution is 6.07. The van der Waals surface area contributed by atoms with E-state index in [9.17, 15) is 15.0 Å². The quantitative estimate of drug-likeness (QED) is 0.674. The van der Waals surface area contributed by atoms with E-state index in [4.69, 9.17) is 0 Å². The Hall–Kier alpha value is -2.92. The minimum atomic E-state index is -0.901. The molecule has 0 radical (unpaired) electrons. The van der Waals surface area contributed by atoms with E-state index in [-0.39, 0.29) is 18.2 Å². The Kier molecular flexibility index (Phi) is 4.91. The molecule has 0 aliphatic carbocycles. The summed E-state index contributed by atoms with van der Waals surface area (Å²) in [6, 6.07) is 12.2. The normalized spacial score (nSPS) is 12.2. The second kappa shape index (κ2) is 7.14. The minimum Gasteiger partial charge on any atom is -0.508 e. The number of hydrogen-bond acceptors (Lipinski definition) is 4. The summed E-state index contributed by atoms with van der Waals surface area (Å²) in [5.74, 6) is -0.169. The van der Waals surface area contributed by atoms with Gasteiger partial charge in [0.15, 0.2) is 0 Å². The van der Waals surface area contributed by atoms with Crippen molar-refractivity contribution in [2.75, 3.05) is 6.54 Å². The summed E-state index contributed by atoms with van der Waals surface area (Å²) in [6.07, 6.45) is -0.901. The lowest BCUT2D eigenvalue weighted by atomic mass is 9.99. The van der Waals surface area contributed by atoms with E-state index >= 15 is 0 Å². The average molecular weight is 350 g/mol. The number of hydrogen-bond donors (Lipinski definition) is 3. The zero-order chi connectivity index (χ0) is 18.8. The molecule has 3 N–H and O–H groups in total. The van der Waals surface area contributed by atoms with Crippen LogP contribution in [0.15, 0.2) is 42.5 Å². The predicted molar refractivity (Wildman–Crippen MR) is 101 cm³/mol. The first-order valence-corrected chi connectivity index (χ1v) is 8.49. The molecular formula is C21H22N2O3. The van der Waals surface area contributed by atoms with Crippen molar-refractivity contribution in [3.63, 3.8) is 0 Å². The van der Waals surface area contributed by atoms with Gasteiger partial charge in [0.1, 0.15) is 5.75 Å². The van der Waals surface area contributed by atoms with Gasteiger partial charge in [0.2, 0.25) is 0 Å². The second-order valence-corrected chi connectivity index (χ2v) is 6.54. The van der Waals surface area contributed by atoms with Gasteiger partial charge in [0.05, 0.1) is 17.2 Å². The van der Waals surface area contributed by atoms with Crippen LogP contribution >= 0.6 is 0 Å². The number of aliphatic hydroxyl groups excluding tert-OH is 1. The number of nitrogens with one attached hydrogen (secondary N) is 1. The van der Waals surface area contributed by atoms with Gasteiger partial charge in [-0.15, -0.1) is 0 Å². The fraction of sp³-hybridized carbons (Fsp3) is 0.238. The third-order valence-electron chi connectivity index (χ3n) is 4.57. The number of rotatable bonds is 4. The third-order valence-corrected chi connectivity index (χ3v) is 4.57. The number of pyridine rings is 1. The number of nitrogens with zero attached hydrogens (tertiary/aromatic N) is 1. The lowest BCUT2D eigenvalue weighted by molar-refractivity contribution is 0.0917. The van der Waals surface area contributed by atoms with Crippen LogP contribution in [0.25, 0.3) is 10.9 Å². The molecule has 1 atom stereocenters. The first kappa shape index (κ1) is 17.9. The fourth-order valence-electron chi connectivity index (χ4n) is 3.02. The first-order chi connectivity index (χ1) is 12.4. The molecule has 0 fully saturated rings. The van der Waals surface area contributed by atoms with Gasteiger partial charge in [-0.3, -0.25) is 9.78 Å². The molecule has 0 aliphatic rings. The van der Waals surface area contributed by atoms with Crippen LogP contribution in [-0.2, 0) is 0 Å². The number of amides is 1. The molecule has 5 nitrogen and oxygen atoms in total. The van der Waals surface area contributed by atoms with Gasteiger partial charge < -0.3 is 15.5 Å². The van der Waals surface area contributed by atoms with Crippen molar-refractivity contribution < 1.29 is 15.0 Å². The topological polar surface area (TPSA) is 82.5 Å². The average Bonchev–Trinajstić information content (AvgIpc) is 2.61. The standard InChI is InChI=1S/C21H22N2O3/c1-12-7-8-18-17(9-12)20(13(2)14(3)23-18)21(26)22-11-19(25)15-5-4-6-16(24)10-15/h4-10,19,24-25H,11H2,1-3H3,(H,22,26). The van der Waals surface area contributed by atoms with E-state index in [1.54, 1.807) is 12.1 Å². The Morgan fingerprint density at radius 2 is 1.92 bits per heavy atom. The van der Waals surface area contributed by atoms with Gasteiger partial charge in [-0.1, -0.05) is 23.8 Å². The number of phenols is 1. The second-order valence-electron chi connectivity index (χ2n) is 6.54. The molecule has 134 valence electrons. The summed E-state index contributed by atoms with van der Waals surface area (Å²) in [5.41, 5.74) is 4.59. The maximum absolute atomic E-state index is 12.8. The molecule has 1 amide bonds. The van der Waals surface area contributed by atoms with Crippen LogP contribution in [0, 0.1) is 20.8 Å². The zero-order valence-corrected chi connectivity index (χ0v) is 15.1. The molecular weight excluding hydrogens is 328 g/mol. The summed E-state index contributed by atoms with van der Waals surface area (Å²) in [7, 11) is 0. The molecule has 0 saturated heterocycles. The number of carbonyl (C=O) groups is 1. The van der Waals surface area contributed by atoms with E-state index in [0.717, 1.165) is 27.7 Å². The van der Waals surface area contributed by atoms with Crippen molar-refractivity contribution >= 4 is 16.8 Å². The Bertz CT molecular complexity index is 982. The highest BCUT2D eigenvalue weighted by Gasteiger charge is 2.18. The number of aryl methyl sites for hydroxylation is 2. The monoisotopic (exact) mass is 350 g/mol. The van der Waals surface area contributed by atoms with E-state index in [1.165, 1.54) is 12.1 Å². The summed E-state index contributed by atoms with van der Waals surface area (Å²) in [4.78, 5) is 17.4. The van der Waals surface area contributed by atoms with E-state index in [2.05, 4.69) is 10.3 Å². The molecule has 1 unspecified atom stereocenters. The van der Waals surface area contributed by atoms with E-state index in [0.29, 0.717) is 11.1 Å². The van der Waals surface area contributed by atoms with Gasteiger partial charge in [0.25, 0.3) is 5.91 Å². The molecule has 3 aromatic rings. The van der Waals surface area contributed by atoms with Crippen molar-refractivity contribution in [1.29, 1.82) is 0 Å². The minimum absolute atomic E-state index is 0.0520. The van der Waals surface area contributed by atoms with Gasteiger partial charge in [-0.05, 0) is 56.2 Å². The van der Waals surface area contributed by atoms with Gasteiger partial charge in [0, 0.05) is 17.6 Å². The third kappa shape index (κ3) is 3.53. The number of aliphatic hydroxyl groups is 1. The van der Waals surface area contributed by atoms with E-state index in [1.807, 2.05) is 39.0 Å². The lowest BCUT2D eigenvalue weighted by Crippen LogP contribution is -2.29. The molecule has 0 spiro atoms. The van der Waals surface area contributed by atoms with Gasteiger partial charge in [-0.25, -0.2) is 0 Å². The summed E-state index contributed by atoms with van der Waals surface area (Å²) >= 11 is 0. The van der Waals surface area contributed by atoms with Crippen LogP contribution in [0.4, 0.5) is 0 Å². The Morgan fingerprint density at radius 3 is 2.65 bits per heavy atom. The van der Waals surface area contributed by atoms with Gasteiger partial charge >= 0.3 is 0 Å². The SMILES string of the molecule is Cc1ccc2nc(C)c(C)c(C(=O)NCC(O)c3cccc(O)c3)c2c1. The number of carbonyl (C=O) groups excluding carboxylic acids is 1. The zero-order valence-electron chi connectivity index (χ0n) is 15.1. The van der Waals surface area contributed by atoms with Gasteiger partial charge in [-0.2, -0.15) is 0 Å². The first-order valence-electron chi connectivity index (χ1n) is 8.49. The molecule has 1 aromatic heterocycles. The van der Waals surface area contributed by atoms with Crippen LogP contribution in [0.1, 0.15) is 38.8 Å². The van der Waals surface area contributed by atoms with Crippen molar-refractivity contribution in [2.45, 2.75) is 26.9 Å². The highest BCUT2D eigenvalue weighted by atomic mass is 16.3. The summed E-state index contributed by atoms with van der Waals surface area (Å²) in [5, 5.41) is 23.4. The smallest absolute Gasteiger partial charge is 0.252 e. The fourth-order valence-corrected chi connectivity index (χ4v) is 3.02. The number of fused-ring (bicyclic) bond motifs is 1. The van der Waals surface area contributed by atoms with Crippen LogP contribution in [0.5, 0.6) is 5.75 Å². The molecule has 0 aliphatic heterocycles. The Balaban J connectivity index is 1.88. The molecule has 0 saturated carbocycles. The van der Waals surface area contributed by atoms with Crippen molar-refractivity contribution in [3.05, 3.63) is 70.4 Å². The largest absolute Gasteiger partial charge is 0.508 e. The molecule has 1 heterocycles. The predicted octanol–water partition coefficient (Wildman–Crippen LogP) is 3.33. The molecule has 5 heteroatoms. The molecule has 3 rings (SSSR count). The van der Waals surface area contributed by atoms with Crippen LogP contribution in [-0.4, -0.2) is 27.6 Å². The molecule has 2 aromatic carbocycles. The Morgan fingerprint density at radius 1 is 1.15 bits per heavy atom. The van der Waals surface area contributed by atoms with Crippen LogP contribution < -0.4 is 5.32 Å². The number of benzene rings is 2. The molecule has 26 heavy (non-hydrogen) atoms. The summed E-state index contributed by atoms with van der Waals surface area (Å²) < 4.78 is 0. The van der Waals surface area contributed by atoms with Crippen molar-refractivity contribution in [3.8, 4) is 5.75 Å². The van der Waals surface area contributed by atoms with Crippen molar-refractivity contribution in [1.82, 2.24) is 10.3 Å². The van der Waals surface area contributed by atoms with E-state index < -0.39 is 6.10 Å². The number of phenolic OH excluding ortho intramolecular Hbond substituents is 1. The van der Waals surface area contributed by atoms with Crippen molar-refractivity contribution in [2.24, 2.45) is 0 Å². The summed E-state index contributed by atoms with van der Waals surface area (Å²) in [6.45, 7) is 5.79. The Labute approximate surface area is 152 Å². The highest BCUT2D eigenvalue weighted by Crippen LogP contribution is 2.24. The van der Waals surface area contributed by atoms with Crippen LogP contribution in [0.2, 0.25) is 0 Å². The lowest BCUT2D eigenvalue weighted by Gasteiger charge is -2.16. The number of aromatic hydroxyl groups is 1. The number of aromatic nitrogens is 1. The van der Waals surface area contributed by atoms with Crippen LogP contribution in [0.3, 0.4) is 0 Å².